The van der Waals surface area contributed by atoms with E-state index in [0.717, 1.165) is 18.1 Å². The van der Waals surface area contributed by atoms with Gasteiger partial charge >= 0.3 is 0 Å². The molecule has 1 fully saturated rings. The monoisotopic (exact) mass is 408 g/mol. The largest absolute Gasteiger partial charge is 0.336 e. The molecule has 0 radical (unpaired) electrons. The lowest BCUT2D eigenvalue weighted by Crippen LogP contribution is -2.49. The molecule has 0 bridgehead atoms. The highest BCUT2D eigenvalue weighted by Gasteiger charge is 2.31. The average molecular weight is 409 g/mol. The van der Waals surface area contributed by atoms with Gasteiger partial charge in [-0.1, -0.05) is 6.07 Å². The number of nitrogens with zero attached hydrogens (tertiary/aromatic N) is 5. The maximum atomic E-state index is 13.2. The van der Waals surface area contributed by atoms with E-state index in [9.17, 15) is 4.79 Å². The molecule has 1 aliphatic rings. The summed E-state index contributed by atoms with van der Waals surface area (Å²) in [5, 5.41) is 3.36. The molecule has 1 atom stereocenters. The van der Waals surface area contributed by atoms with Crippen LogP contribution in [0.5, 0.6) is 0 Å². The van der Waals surface area contributed by atoms with Gasteiger partial charge < -0.3 is 19.4 Å². The predicted molar refractivity (Wildman–Crippen MR) is 108 cm³/mol. The SMILES string of the molecule is Cl.Cl.Cn1ccnc1C1CNCCN1C(=O)c1cccc(-n2ccnc2)c1. The molecule has 1 unspecified atom stereocenters. The first-order chi connectivity index (χ1) is 12.2. The van der Waals surface area contributed by atoms with Gasteiger partial charge in [-0.2, -0.15) is 0 Å². The molecule has 2 aromatic heterocycles. The number of nitrogens with one attached hydrogen (secondary N) is 1. The van der Waals surface area contributed by atoms with Crippen molar-refractivity contribution < 1.29 is 4.79 Å². The van der Waals surface area contributed by atoms with Crippen LogP contribution < -0.4 is 5.32 Å². The first-order valence-electron chi connectivity index (χ1n) is 8.31. The summed E-state index contributed by atoms with van der Waals surface area (Å²) in [6, 6.07) is 7.56. The third kappa shape index (κ3) is 4.16. The number of rotatable bonds is 3. The molecular weight excluding hydrogens is 387 g/mol. The fraction of sp³-hybridized carbons (Fsp3) is 0.278. The molecule has 1 amide bonds. The Morgan fingerprint density at radius 1 is 1.22 bits per heavy atom. The molecule has 9 heteroatoms. The lowest BCUT2D eigenvalue weighted by atomic mass is 10.1. The standard InChI is InChI=1S/C18H20N6O.2ClH/c1-22-8-7-21-17(22)16-12-19-6-10-24(16)18(25)14-3-2-4-15(11-14)23-9-5-20-13-23;;/h2-5,7-9,11,13,16,19H,6,10,12H2,1H3;2*1H. The van der Waals surface area contributed by atoms with Crippen LogP contribution in [0.25, 0.3) is 5.69 Å². The number of aromatic nitrogens is 4. The Hall–Kier alpha value is -2.35. The summed E-state index contributed by atoms with van der Waals surface area (Å²) in [4.78, 5) is 23.6. The topological polar surface area (TPSA) is 68.0 Å². The minimum Gasteiger partial charge on any atom is -0.336 e. The second kappa shape index (κ2) is 9.03. The number of aryl methyl sites for hydroxylation is 1. The third-order valence-corrected chi connectivity index (χ3v) is 4.56. The lowest BCUT2D eigenvalue weighted by molar-refractivity contribution is 0.0621. The number of benzene rings is 1. The van der Waals surface area contributed by atoms with Crippen LogP contribution in [-0.4, -0.2) is 49.5 Å². The van der Waals surface area contributed by atoms with Crippen molar-refractivity contribution in [2.45, 2.75) is 6.04 Å². The van der Waals surface area contributed by atoms with Gasteiger partial charge in [-0.3, -0.25) is 4.79 Å². The summed E-state index contributed by atoms with van der Waals surface area (Å²) in [5.41, 5.74) is 1.60. The Bertz CT molecular complexity index is 880. The molecule has 1 aliphatic heterocycles. The highest BCUT2D eigenvalue weighted by molar-refractivity contribution is 5.95. The van der Waals surface area contributed by atoms with E-state index in [1.54, 1.807) is 18.7 Å². The first-order valence-corrected chi connectivity index (χ1v) is 8.31. The van der Waals surface area contributed by atoms with Gasteiger partial charge in [-0.15, -0.1) is 24.8 Å². The molecule has 0 saturated carbocycles. The number of carbonyl (C=O) groups is 1. The Kier molecular flexibility index (Phi) is 7.01. The van der Waals surface area contributed by atoms with Crippen molar-refractivity contribution in [1.29, 1.82) is 0 Å². The maximum absolute atomic E-state index is 13.2. The van der Waals surface area contributed by atoms with E-state index in [1.165, 1.54) is 0 Å². The number of hydrogen-bond donors (Lipinski definition) is 1. The number of hydrogen-bond acceptors (Lipinski definition) is 4. The van der Waals surface area contributed by atoms with Crippen LogP contribution in [0.1, 0.15) is 22.2 Å². The zero-order valence-corrected chi connectivity index (χ0v) is 16.5. The number of carbonyl (C=O) groups excluding carboxylic acids is 1. The molecule has 1 aromatic carbocycles. The molecule has 27 heavy (non-hydrogen) atoms. The summed E-state index contributed by atoms with van der Waals surface area (Å²) in [5.74, 6) is 0.919. The van der Waals surface area contributed by atoms with E-state index in [2.05, 4.69) is 15.3 Å². The molecular formula is C18H22Cl2N6O. The second-order valence-corrected chi connectivity index (χ2v) is 6.14. The molecule has 0 spiro atoms. The van der Waals surface area contributed by atoms with Crippen molar-refractivity contribution in [3.63, 3.8) is 0 Å². The van der Waals surface area contributed by atoms with E-state index < -0.39 is 0 Å². The van der Waals surface area contributed by atoms with Crippen molar-refractivity contribution in [3.8, 4) is 5.69 Å². The first kappa shape index (κ1) is 21.0. The molecule has 3 heterocycles. The maximum Gasteiger partial charge on any atom is 0.254 e. The van der Waals surface area contributed by atoms with Crippen LogP contribution >= 0.6 is 24.8 Å². The van der Waals surface area contributed by atoms with Gasteiger partial charge in [0.1, 0.15) is 11.9 Å². The van der Waals surface area contributed by atoms with Gasteiger partial charge in [-0.05, 0) is 18.2 Å². The van der Waals surface area contributed by atoms with Crippen LogP contribution in [0.4, 0.5) is 0 Å². The minimum absolute atomic E-state index is 0. The average Bonchev–Trinajstić information content (AvgIpc) is 3.33. The second-order valence-electron chi connectivity index (χ2n) is 6.14. The van der Waals surface area contributed by atoms with Gasteiger partial charge in [0.15, 0.2) is 0 Å². The van der Waals surface area contributed by atoms with E-state index in [1.807, 2.05) is 57.7 Å². The van der Waals surface area contributed by atoms with E-state index >= 15 is 0 Å². The van der Waals surface area contributed by atoms with Crippen LogP contribution in [-0.2, 0) is 7.05 Å². The lowest BCUT2D eigenvalue weighted by Gasteiger charge is -2.35. The van der Waals surface area contributed by atoms with Crippen LogP contribution in [0.3, 0.4) is 0 Å². The van der Waals surface area contributed by atoms with Gasteiger partial charge in [0, 0.05) is 62.7 Å². The van der Waals surface area contributed by atoms with Gasteiger partial charge in [0.05, 0.1) is 6.33 Å². The van der Waals surface area contributed by atoms with Crippen molar-refractivity contribution in [2.24, 2.45) is 7.05 Å². The van der Waals surface area contributed by atoms with E-state index in [4.69, 9.17) is 0 Å². The third-order valence-electron chi connectivity index (χ3n) is 4.56. The molecule has 0 aliphatic carbocycles. The van der Waals surface area contributed by atoms with Crippen LogP contribution in [0.15, 0.2) is 55.4 Å². The molecule has 1 N–H and O–H groups in total. The molecule has 3 aromatic rings. The fourth-order valence-corrected chi connectivity index (χ4v) is 3.25. The zero-order valence-electron chi connectivity index (χ0n) is 14.9. The highest BCUT2D eigenvalue weighted by Crippen LogP contribution is 2.23. The van der Waals surface area contributed by atoms with Crippen molar-refractivity contribution in [1.82, 2.24) is 29.3 Å². The highest BCUT2D eigenvalue weighted by atomic mass is 35.5. The van der Waals surface area contributed by atoms with Crippen molar-refractivity contribution in [3.05, 3.63) is 66.8 Å². The quantitative estimate of drug-likeness (QED) is 0.721. The Morgan fingerprint density at radius 3 is 2.78 bits per heavy atom. The van der Waals surface area contributed by atoms with Gasteiger partial charge in [0.25, 0.3) is 5.91 Å². The Morgan fingerprint density at radius 2 is 2.07 bits per heavy atom. The molecule has 1 saturated heterocycles. The van der Waals surface area contributed by atoms with Crippen LogP contribution in [0, 0.1) is 0 Å². The fourth-order valence-electron chi connectivity index (χ4n) is 3.25. The predicted octanol–water partition coefficient (Wildman–Crippen LogP) is 2.24. The zero-order chi connectivity index (χ0) is 17.2. The number of halogens is 2. The van der Waals surface area contributed by atoms with Crippen molar-refractivity contribution >= 4 is 30.7 Å². The molecule has 4 rings (SSSR count). The Labute approximate surface area is 170 Å². The number of piperazine rings is 1. The summed E-state index contributed by atoms with van der Waals surface area (Å²) in [6.07, 6.45) is 9.00. The number of imidazole rings is 2. The summed E-state index contributed by atoms with van der Waals surface area (Å²) in [6.45, 7) is 2.15. The summed E-state index contributed by atoms with van der Waals surface area (Å²) >= 11 is 0. The summed E-state index contributed by atoms with van der Waals surface area (Å²) < 4.78 is 3.87. The van der Waals surface area contributed by atoms with Gasteiger partial charge in [-0.25, -0.2) is 9.97 Å². The molecule has 7 nitrogen and oxygen atoms in total. The van der Waals surface area contributed by atoms with E-state index in [-0.39, 0.29) is 36.8 Å². The van der Waals surface area contributed by atoms with Crippen LogP contribution in [0.2, 0.25) is 0 Å². The number of amides is 1. The van der Waals surface area contributed by atoms with Crippen molar-refractivity contribution in [2.75, 3.05) is 19.6 Å². The van der Waals surface area contributed by atoms with E-state index in [0.29, 0.717) is 18.7 Å². The minimum atomic E-state index is -0.0712. The molecule has 144 valence electrons. The smallest absolute Gasteiger partial charge is 0.254 e. The Balaban J connectivity index is 0.00000131. The summed E-state index contributed by atoms with van der Waals surface area (Å²) in [7, 11) is 1.96. The normalized spacial score (nSPS) is 16.3. The van der Waals surface area contributed by atoms with Gasteiger partial charge in [0.2, 0.25) is 0 Å².